The molecular formula is C16H20N2O6. The van der Waals surface area contributed by atoms with Crippen LogP contribution < -0.4 is 15.4 Å². The van der Waals surface area contributed by atoms with E-state index in [-0.39, 0.29) is 11.7 Å². The summed E-state index contributed by atoms with van der Waals surface area (Å²) in [6.07, 6.45) is 0.608. The molecule has 1 rings (SSSR count). The maximum Gasteiger partial charge on any atom is 0.344 e. The van der Waals surface area contributed by atoms with Crippen molar-refractivity contribution in [2.24, 2.45) is 0 Å². The molecule has 0 bridgehead atoms. The van der Waals surface area contributed by atoms with Crippen LogP contribution in [0.1, 0.15) is 24.2 Å². The SMILES string of the molecule is CCNC(=O)[C@H](C)NC(=O)COC(=O)COc1ccccc1C=O. The van der Waals surface area contributed by atoms with Gasteiger partial charge in [-0.3, -0.25) is 14.4 Å². The summed E-state index contributed by atoms with van der Waals surface area (Å²) in [5.74, 6) is -1.45. The minimum atomic E-state index is -0.767. The van der Waals surface area contributed by atoms with Gasteiger partial charge >= 0.3 is 5.97 Å². The van der Waals surface area contributed by atoms with Crippen LogP contribution in [0, 0.1) is 0 Å². The van der Waals surface area contributed by atoms with Gasteiger partial charge in [0.15, 0.2) is 19.5 Å². The fraction of sp³-hybridized carbons (Fsp3) is 0.375. The maximum atomic E-state index is 11.6. The quantitative estimate of drug-likeness (QED) is 0.487. The third-order valence-electron chi connectivity index (χ3n) is 2.88. The minimum Gasteiger partial charge on any atom is -0.481 e. The second-order valence-electron chi connectivity index (χ2n) is 4.79. The third kappa shape index (κ3) is 6.47. The number of amides is 2. The van der Waals surface area contributed by atoms with E-state index in [4.69, 9.17) is 9.47 Å². The van der Waals surface area contributed by atoms with Crippen LogP contribution in [0.5, 0.6) is 5.75 Å². The van der Waals surface area contributed by atoms with Crippen molar-refractivity contribution in [1.29, 1.82) is 0 Å². The normalized spacial score (nSPS) is 11.1. The molecule has 2 N–H and O–H groups in total. The Labute approximate surface area is 139 Å². The Bertz CT molecular complexity index is 602. The van der Waals surface area contributed by atoms with Crippen molar-refractivity contribution < 1.29 is 28.7 Å². The molecule has 2 amide bonds. The highest BCUT2D eigenvalue weighted by molar-refractivity contribution is 5.88. The molecule has 1 aromatic rings. The van der Waals surface area contributed by atoms with Crippen LogP contribution in [0.25, 0.3) is 0 Å². The molecule has 1 atom stereocenters. The molecule has 8 heteroatoms. The number of nitrogens with one attached hydrogen (secondary N) is 2. The van der Waals surface area contributed by atoms with Crippen LogP contribution in [0.4, 0.5) is 0 Å². The van der Waals surface area contributed by atoms with E-state index >= 15 is 0 Å². The highest BCUT2D eigenvalue weighted by Gasteiger charge is 2.16. The Kier molecular flexibility index (Phi) is 7.97. The average molecular weight is 336 g/mol. The second-order valence-corrected chi connectivity index (χ2v) is 4.79. The largest absolute Gasteiger partial charge is 0.481 e. The summed E-state index contributed by atoms with van der Waals surface area (Å²) in [4.78, 5) is 45.4. The first-order valence-corrected chi connectivity index (χ1v) is 7.37. The topological polar surface area (TPSA) is 111 Å². The summed E-state index contributed by atoms with van der Waals surface area (Å²) in [7, 11) is 0. The van der Waals surface area contributed by atoms with E-state index in [1.165, 1.54) is 13.0 Å². The maximum absolute atomic E-state index is 11.6. The van der Waals surface area contributed by atoms with Gasteiger partial charge in [0.25, 0.3) is 5.91 Å². The van der Waals surface area contributed by atoms with E-state index < -0.39 is 31.1 Å². The van der Waals surface area contributed by atoms with Gasteiger partial charge in [0.1, 0.15) is 11.8 Å². The first kappa shape index (κ1) is 19.1. The zero-order valence-electron chi connectivity index (χ0n) is 13.5. The van der Waals surface area contributed by atoms with Crippen molar-refractivity contribution >= 4 is 24.1 Å². The molecule has 0 unspecified atom stereocenters. The summed E-state index contributed by atoms with van der Waals surface area (Å²) in [6, 6.07) is 5.67. The number of rotatable bonds is 9. The first-order chi connectivity index (χ1) is 11.5. The minimum absolute atomic E-state index is 0.249. The van der Waals surface area contributed by atoms with Crippen LogP contribution in [-0.4, -0.2) is 49.9 Å². The molecule has 0 aliphatic rings. The molecule has 0 saturated carbocycles. The predicted molar refractivity (Wildman–Crippen MR) is 84.6 cm³/mol. The van der Waals surface area contributed by atoms with Gasteiger partial charge < -0.3 is 20.1 Å². The molecule has 130 valence electrons. The lowest BCUT2D eigenvalue weighted by molar-refractivity contribution is -0.150. The lowest BCUT2D eigenvalue weighted by Gasteiger charge is -2.13. The Balaban J connectivity index is 2.34. The number of aldehydes is 1. The lowest BCUT2D eigenvalue weighted by atomic mass is 10.2. The van der Waals surface area contributed by atoms with Crippen molar-refractivity contribution in [3.63, 3.8) is 0 Å². The van der Waals surface area contributed by atoms with E-state index in [9.17, 15) is 19.2 Å². The Morgan fingerprint density at radius 1 is 1.21 bits per heavy atom. The van der Waals surface area contributed by atoms with Crippen molar-refractivity contribution in [2.45, 2.75) is 19.9 Å². The van der Waals surface area contributed by atoms with E-state index in [1.807, 2.05) is 0 Å². The number of benzene rings is 1. The molecule has 0 aliphatic heterocycles. The molecule has 0 saturated heterocycles. The molecule has 0 aromatic heterocycles. The van der Waals surface area contributed by atoms with Crippen molar-refractivity contribution in [1.82, 2.24) is 10.6 Å². The number of para-hydroxylation sites is 1. The summed E-state index contributed by atoms with van der Waals surface area (Å²) in [5, 5.41) is 4.95. The number of carbonyl (C=O) groups excluding carboxylic acids is 4. The van der Waals surface area contributed by atoms with Gasteiger partial charge in [0.2, 0.25) is 5.91 Å². The van der Waals surface area contributed by atoms with Gasteiger partial charge in [-0.15, -0.1) is 0 Å². The Morgan fingerprint density at radius 3 is 2.58 bits per heavy atom. The van der Waals surface area contributed by atoms with Gasteiger partial charge in [-0.25, -0.2) is 4.79 Å². The van der Waals surface area contributed by atoms with Crippen molar-refractivity contribution in [3.05, 3.63) is 29.8 Å². The Hall–Kier alpha value is -2.90. The molecule has 24 heavy (non-hydrogen) atoms. The molecule has 8 nitrogen and oxygen atoms in total. The van der Waals surface area contributed by atoms with Crippen molar-refractivity contribution in [2.75, 3.05) is 19.8 Å². The number of ether oxygens (including phenoxy) is 2. The summed E-state index contributed by atoms with van der Waals surface area (Å²) in [5.41, 5.74) is 0.304. The summed E-state index contributed by atoms with van der Waals surface area (Å²) in [6.45, 7) is 2.76. The number of likely N-dealkylation sites (N-methyl/N-ethyl adjacent to an activating group) is 1. The average Bonchev–Trinajstić information content (AvgIpc) is 2.58. The van der Waals surface area contributed by atoms with E-state index in [0.717, 1.165) is 0 Å². The van der Waals surface area contributed by atoms with Crippen LogP contribution >= 0.6 is 0 Å². The van der Waals surface area contributed by atoms with Gasteiger partial charge in [0.05, 0.1) is 5.56 Å². The van der Waals surface area contributed by atoms with E-state index in [2.05, 4.69) is 10.6 Å². The van der Waals surface area contributed by atoms with Crippen LogP contribution in [-0.2, 0) is 19.1 Å². The smallest absolute Gasteiger partial charge is 0.344 e. The lowest BCUT2D eigenvalue weighted by Crippen LogP contribution is -2.46. The van der Waals surface area contributed by atoms with Crippen LogP contribution in [0.3, 0.4) is 0 Å². The molecule has 0 heterocycles. The molecule has 0 radical (unpaired) electrons. The molecule has 0 aliphatic carbocycles. The van der Waals surface area contributed by atoms with Crippen LogP contribution in [0.2, 0.25) is 0 Å². The highest BCUT2D eigenvalue weighted by Crippen LogP contribution is 2.15. The Morgan fingerprint density at radius 2 is 1.92 bits per heavy atom. The van der Waals surface area contributed by atoms with Gasteiger partial charge in [-0.2, -0.15) is 0 Å². The van der Waals surface area contributed by atoms with Gasteiger partial charge in [-0.05, 0) is 26.0 Å². The summed E-state index contributed by atoms with van der Waals surface area (Å²) >= 11 is 0. The summed E-state index contributed by atoms with van der Waals surface area (Å²) < 4.78 is 9.92. The number of hydrogen-bond donors (Lipinski definition) is 2. The van der Waals surface area contributed by atoms with Crippen molar-refractivity contribution in [3.8, 4) is 5.75 Å². The zero-order valence-corrected chi connectivity index (χ0v) is 13.5. The number of hydrogen-bond acceptors (Lipinski definition) is 6. The van der Waals surface area contributed by atoms with E-state index in [0.29, 0.717) is 18.4 Å². The number of carbonyl (C=O) groups is 4. The molecule has 0 spiro atoms. The molecule has 1 aromatic carbocycles. The third-order valence-corrected chi connectivity index (χ3v) is 2.88. The monoisotopic (exact) mass is 336 g/mol. The molecule has 0 fully saturated rings. The highest BCUT2D eigenvalue weighted by atomic mass is 16.6. The number of esters is 1. The van der Waals surface area contributed by atoms with E-state index in [1.54, 1.807) is 25.1 Å². The fourth-order valence-corrected chi connectivity index (χ4v) is 1.71. The zero-order chi connectivity index (χ0) is 17.9. The molecular weight excluding hydrogens is 316 g/mol. The van der Waals surface area contributed by atoms with Gasteiger partial charge in [-0.1, -0.05) is 12.1 Å². The van der Waals surface area contributed by atoms with Gasteiger partial charge in [0, 0.05) is 6.54 Å². The fourth-order valence-electron chi connectivity index (χ4n) is 1.71. The predicted octanol–water partition coefficient (Wildman–Crippen LogP) is 0.0619. The second kappa shape index (κ2) is 9.98. The standard InChI is InChI=1S/C16H20N2O6/c1-3-17-16(22)11(2)18-14(20)9-24-15(21)10-23-13-7-5-4-6-12(13)8-19/h4-8,11H,3,9-10H2,1-2H3,(H,17,22)(H,18,20)/t11-/m0/s1. The first-order valence-electron chi connectivity index (χ1n) is 7.37. The van der Waals surface area contributed by atoms with Crippen LogP contribution in [0.15, 0.2) is 24.3 Å².